The van der Waals surface area contributed by atoms with Gasteiger partial charge in [-0.15, -0.1) is 5.10 Å². The van der Waals surface area contributed by atoms with Crippen molar-refractivity contribution in [3.8, 4) is 0 Å². The molecule has 0 atom stereocenters. The van der Waals surface area contributed by atoms with E-state index in [-0.39, 0.29) is 24.7 Å². The Morgan fingerprint density at radius 2 is 1.90 bits per heavy atom. The first-order valence-electron chi connectivity index (χ1n) is 7.11. The number of hydrogen-bond acceptors (Lipinski definition) is 4. The summed E-state index contributed by atoms with van der Waals surface area (Å²) in [5.41, 5.74) is 0.326. The van der Waals surface area contributed by atoms with Gasteiger partial charge < -0.3 is 15.7 Å². The Kier molecular flexibility index (Phi) is 6.13. The van der Waals surface area contributed by atoms with Gasteiger partial charge in [0, 0.05) is 5.54 Å². The second-order valence-corrected chi connectivity index (χ2v) is 4.95. The Hall–Kier alpha value is -2.12. The summed E-state index contributed by atoms with van der Waals surface area (Å²) in [6, 6.07) is -0.256. The van der Waals surface area contributed by atoms with Gasteiger partial charge in [0.1, 0.15) is 12.2 Å². The lowest BCUT2D eigenvalue weighted by Crippen LogP contribution is -2.51. The maximum absolute atomic E-state index is 11.9. The third-order valence-electron chi connectivity index (χ3n) is 3.72. The van der Waals surface area contributed by atoms with Gasteiger partial charge >= 0.3 is 12.0 Å². The van der Waals surface area contributed by atoms with E-state index in [4.69, 9.17) is 5.11 Å². The summed E-state index contributed by atoms with van der Waals surface area (Å²) in [5.74, 6) is -0.990. The topological polar surface area (TPSA) is 109 Å². The number of aromatic nitrogens is 3. The van der Waals surface area contributed by atoms with Crippen molar-refractivity contribution >= 4 is 12.0 Å². The normalized spacial score (nSPS) is 11.2. The van der Waals surface area contributed by atoms with Gasteiger partial charge in [0.15, 0.2) is 0 Å². The number of amides is 2. The lowest BCUT2D eigenvalue weighted by molar-refractivity contribution is -0.137. The average Bonchev–Trinajstić information content (AvgIpc) is 2.89. The number of rotatable bonds is 8. The van der Waals surface area contributed by atoms with E-state index in [1.165, 1.54) is 10.9 Å². The molecular weight excluding hydrogens is 274 g/mol. The fraction of sp³-hybridized carbons (Fsp3) is 0.692. The summed E-state index contributed by atoms with van der Waals surface area (Å²) in [5, 5.41) is 21.8. The largest absolute Gasteiger partial charge is 0.480 e. The van der Waals surface area contributed by atoms with Gasteiger partial charge in [-0.1, -0.05) is 26.0 Å². The van der Waals surface area contributed by atoms with Crippen LogP contribution >= 0.6 is 0 Å². The Morgan fingerprint density at radius 3 is 2.43 bits per heavy atom. The summed E-state index contributed by atoms with van der Waals surface area (Å²) in [4.78, 5) is 22.5. The van der Waals surface area contributed by atoms with E-state index in [0.29, 0.717) is 5.69 Å². The zero-order valence-corrected chi connectivity index (χ0v) is 12.7. The van der Waals surface area contributed by atoms with E-state index in [9.17, 15) is 9.59 Å². The van der Waals surface area contributed by atoms with Crippen LogP contribution in [0.4, 0.5) is 4.79 Å². The minimum atomic E-state index is -0.990. The number of nitrogens with zero attached hydrogens (tertiary/aromatic N) is 3. The maximum atomic E-state index is 11.9. The Bertz CT molecular complexity index is 474. The molecule has 21 heavy (non-hydrogen) atoms. The van der Waals surface area contributed by atoms with Gasteiger partial charge in [0.05, 0.1) is 12.7 Å². The Morgan fingerprint density at radius 1 is 1.29 bits per heavy atom. The van der Waals surface area contributed by atoms with Crippen LogP contribution in [0.1, 0.15) is 45.7 Å². The van der Waals surface area contributed by atoms with Crippen molar-refractivity contribution in [2.75, 3.05) is 0 Å². The highest BCUT2D eigenvalue weighted by molar-refractivity contribution is 5.74. The van der Waals surface area contributed by atoms with E-state index in [0.717, 1.165) is 19.3 Å². The van der Waals surface area contributed by atoms with Crippen molar-refractivity contribution in [1.29, 1.82) is 0 Å². The molecule has 0 fully saturated rings. The number of aliphatic carboxylic acids is 1. The van der Waals surface area contributed by atoms with Gasteiger partial charge in [-0.05, 0) is 19.3 Å². The zero-order valence-electron chi connectivity index (χ0n) is 12.7. The van der Waals surface area contributed by atoms with Crippen LogP contribution < -0.4 is 10.6 Å². The standard InChI is InChI=1S/C13H23N5O3/c1-4-13(5-2,6-3)15-12(21)14-7-10-8-18(17-16-10)9-11(19)20/h8H,4-7,9H2,1-3H3,(H,19,20)(H2,14,15,21). The van der Waals surface area contributed by atoms with E-state index < -0.39 is 5.97 Å². The zero-order chi connectivity index (χ0) is 15.9. The van der Waals surface area contributed by atoms with Crippen molar-refractivity contribution in [2.45, 2.75) is 58.7 Å². The molecular formula is C13H23N5O3. The molecule has 1 heterocycles. The Balaban J connectivity index is 2.49. The fourth-order valence-corrected chi connectivity index (χ4v) is 2.11. The van der Waals surface area contributed by atoms with Crippen LogP contribution in [0.2, 0.25) is 0 Å². The van der Waals surface area contributed by atoms with Crippen LogP contribution in [0, 0.1) is 0 Å². The van der Waals surface area contributed by atoms with E-state index in [1.54, 1.807) is 0 Å². The quantitative estimate of drug-likeness (QED) is 0.666. The highest BCUT2D eigenvalue weighted by Gasteiger charge is 2.25. The van der Waals surface area contributed by atoms with Gasteiger partial charge in [-0.25, -0.2) is 9.48 Å². The van der Waals surface area contributed by atoms with Crippen LogP contribution in [-0.2, 0) is 17.9 Å². The number of carboxylic acid groups (broad SMARTS) is 1. The monoisotopic (exact) mass is 297 g/mol. The lowest BCUT2D eigenvalue weighted by atomic mass is 9.90. The van der Waals surface area contributed by atoms with Crippen molar-refractivity contribution in [3.63, 3.8) is 0 Å². The van der Waals surface area contributed by atoms with Crippen molar-refractivity contribution in [1.82, 2.24) is 25.6 Å². The second-order valence-electron chi connectivity index (χ2n) is 4.95. The first-order chi connectivity index (χ1) is 9.94. The van der Waals surface area contributed by atoms with E-state index >= 15 is 0 Å². The number of carboxylic acids is 1. The van der Waals surface area contributed by atoms with Gasteiger partial charge in [0.25, 0.3) is 0 Å². The minimum Gasteiger partial charge on any atom is -0.480 e. The minimum absolute atomic E-state index is 0.189. The number of urea groups is 1. The molecule has 0 saturated heterocycles. The van der Waals surface area contributed by atoms with Gasteiger partial charge in [0.2, 0.25) is 0 Å². The molecule has 2 amide bonds. The summed E-state index contributed by atoms with van der Waals surface area (Å²) in [6.07, 6.45) is 4.09. The molecule has 0 aliphatic carbocycles. The molecule has 0 radical (unpaired) electrons. The molecule has 0 bridgehead atoms. The molecule has 0 spiro atoms. The molecule has 8 nitrogen and oxygen atoms in total. The second kappa shape index (κ2) is 7.61. The van der Waals surface area contributed by atoms with E-state index in [1.807, 2.05) is 20.8 Å². The maximum Gasteiger partial charge on any atom is 0.325 e. The third kappa shape index (κ3) is 5.05. The van der Waals surface area contributed by atoms with Gasteiger partial charge in [-0.2, -0.15) is 0 Å². The highest BCUT2D eigenvalue weighted by atomic mass is 16.4. The molecule has 8 heteroatoms. The summed E-state index contributed by atoms with van der Waals surface area (Å²) < 4.78 is 1.21. The van der Waals surface area contributed by atoms with Crippen molar-refractivity contribution in [2.24, 2.45) is 0 Å². The summed E-state index contributed by atoms with van der Waals surface area (Å²) in [6.45, 7) is 6.10. The highest BCUT2D eigenvalue weighted by Crippen LogP contribution is 2.18. The van der Waals surface area contributed by atoms with E-state index in [2.05, 4.69) is 20.9 Å². The fourth-order valence-electron chi connectivity index (χ4n) is 2.11. The summed E-state index contributed by atoms with van der Waals surface area (Å²) in [7, 11) is 0. The SMILES string of the molecule is CCC(CC)(CC)NC(=O)NCc1cn(CC(=O)O)nn1. The molecule has 0 unspecified atom stereocenters. The molecule has 1 rings (SSSR count). The third-order valence-corrected chi connectivity index (χ3v) is 3.72. The molecule has 0 saturated carbocycles. The molecule has 0 aromatic carbocycles. The molecule has 118 valence electrons. The van der Waals surface area contributed by atoms with Crippen molar-refractivity contribution in [3.05, 3.63) is 11.9 Å². The number of carbonyl (C=O) groups is 2. The molecule has 0 aliphatic heterocycles. The predicted molar refractivity (Wildman–Crippen MR) is 76.6 cm³/mol. The van der Waals surface area contributed by atoms with Crippen LogP contribution in [0.15, 0.2) is 6.20 Å². The molecule has 0 aliphatic rings. The first kappa shape index (κ1) is 16.9. The molecule has 1 aromatic heterocycles. The molecule has 1 aromatic rings. The number of carbonyl (C=O) groups excluding carboxylic acids is 1. The van der Waals surface area contributed by atoms with Gasteiger partial charge in [-0.3, -0.25) is 4.79 Å². The molecule has 3 N–H and O–H groups in total. The summed E-state index contributed by atoms with van der Waals surface area (Å²) >= 11 is 0. The number of hydrogen-bond donors (Lipinski definition) is 3. The first-order valence-corrected chi connectivity index (χ1v) is 7.11. The lowest BCUT2D eigenvalue weighted by Gasteiger charge is -2.31. The van der Waals surface area contributed by atoms with Crippen LogP contribution in [0.25, 0.3) is 0 Å². The van der Waals surface area contributed by atoms with Crippen LogP contribution in [0.3, 0.4) is 0 Å². The Labute approximate surface area is 123 Å². The van der Waals surface area contributed by atoms with Crippen molar-refractivity contribution < 1.29 is 14.7 Å². The smallest absolute Gasteiger partial charge is 0.325 e. The van der Waals surface area contributed by atoms with Crippen LogP contribution in [-0.4, -0.2) is 37.6 Å². The number of nitrogens with one attached hydrogen (secondary N) is 2. The predicted octanol–water partition coefficient (Wildman–Crippen LogP) is 1.13. The van der Waals surface area contributed by atoms with Crippen LogP contribution in [0.5, 0.6) is 0 Å². The average molecular weight is 297 g/mol.